The molecular formula is C29H49NO2. The van der Waals surface area contributed by atoms with Crippen molar-refractivity contribution in [2.45, 2.75) is 105 Å². The quantitative estimate of drug-likeness (QED) is 0.462. The Labute approximate surface area is 197 Å². The third kappa shape index (κ3) is 3.88. The second kappa shape index (κ2) is 9.06. The summed E-state index contributed by atoms with van der Waals surface area (Å²) in [5, 5.41) is 10.1. The van der Waals surface area contributed by atoms with Gasteiger partial charge in [0.2, 0.25) is 0 Å². The number of nitrogens with zero attached hydrogens (tertiary/aromatic N) is 1. The maximum absolute atomic E-state index is 12.3. The fourth-order valence-electron chi connectivity index (χ4n) is 9.78. The molecule has 1 N–H and O–H groups in total. The number of carbonyl (C=O) groups is 1. The maximum atomic E-state index is 12.3. The van der Waals surface area contributed by atoms with Crippen LogP contribution in [0.4, 0.5) is 0 Å². The molecule has 4 aliphatic rings. The molecule has 4 saturated carbocycles. The first-order valence-corrected chi connectivity index (χ1v) is 13.8. The van der Waals surface area contributed by atoms with Crippen molar-refractivity contribution in [3.05, 3.63) is 0 Å². The molecule has 0 heterocycles. The van der Waals surface area contributed by atoms with Crippen LogP contribution >= 0.6 is 0 Å². The molecule has 0 unspecified atom stereocenters. The number of hydrogen-bond acceptors (Lipinski definition) is 2. The third-order valence-corrected chi connectivity index (χ3v) is 11.4. The lowest BCUT2D eigenvalue weighted by atomic mass is 9.43. The summed E-state index contributed by atoms with van der Waals surface area (Å²) >= 11 is 0. The summed E-state index contributed by atoms with van der Waals surface area (Å²) < 4.78 is 0. The standard InChI is InChI=1S/C29H49NO2/c1-18(2)8-7-9-19(3)21-12-13-22-20-10-11-24-26(27(31)32)25(30-6)15-17-29(24,5)23(20)14-16-28(21,22)4/h18-24,26H,7-17H2,1-6H3,(H,31,32)/b30-25+/t19-,20+,21-,22+,23+,24+,26+,28-,29-/m1/s1. The fraction of sp³-hybridized carbons (Fsp3) is 0.931. The first-order chi connectivity index (χ1) is 15.1. The van der Waals surface area contributed by atoms with Crippen molar-refractivity contribution in [3.8, 4) is 0 Å². The molecule has 3 heteroatoms. The third-order valence-electron chi connectivity index (χ3n) is 11.4. The molecule has 0 aliphatic heterocycles. The first kappa shape index (κ1) is 24.3. The van der Waals surface area contributed by atoms with Crippen molar-refractivity contribution in [1.82, 2.24) is 0 Å². The SMILES string of the molecule is C/N=C1\CC[C@]2(C)[C@H]3CC[C@]4(C)[C@@H]([C@H](C)CCCC(C)C)CC[C@H]4[C@@H]3CC[C@H]2[C@@H]1C(=O)O. The van der Waals surface area contributed by atoms with Gasteiger partial charge in [-0.1, -0.05) is 53.9 Å². The van der Waals surface area contributed by atoms with E-state index in [4.69, 9.17) is 0 Å². The normalized spacial score (nSPS) is 45.9. The molecule has 4 fully saturated rings. The van der Waals surface area contributed by atoms with E-state index in [0.717, 1.165) is 60.5 Å². The summed E-state index contributed by atoms with van der Waals surface area (Å²) in [5.41, 5.74) is 1.65. The molecule has 32 heavy (non-hydrogen) atoms. The average Bonchev–Trinajstić information content (AvgIpc) is 3.09. The van der Waals surface area contributed by atoms with Gasteiger partial charge >= 0.3 is 5.97 Å². The Hall–Kier alpha value is -0.860. The van der Waals surface area contributed by atoms with Crippen molar-refractivity contribution >= 4 is 11.7 Å². The van der Waals surface area contributed by atoms with E-state index in [1.807, 2.05) is 0 Å². The lowest BCUT2D eigenvalue weighted by molar-refractivity contribution is -0.152. The Morgan fingerprint density at radius 2 is 1.66 bits per heavy atom. The van der Waals surface area contributed by atoms with Crippen molar-refractivity contribution in [2.75, 3.05) is 7.05 Å². The molecule has 182 valence electrons. The van der Waals surface area contributed by atoms with E-state index < -0.39 is 5.97 Å². The number of rotatable bonds is 6. The van der Waals surface area contributed by atoms with Crippen LogP contribution in [0.3, 0.4) is 0 Å². The second-order valence-electron chi connectivity index (χ2n) is 13.1. The Kier molecular flexibility index (Phi) is 6.87. The fourth-order valence-corrected chi connectivity index (χ4v) is 9.78. The van der Waals surface area contributed by atoms with Gasteiger partial charge in [0.1, 0.15) is 0 Å². The molecule has 9 atom stereocenters. The van der Waals surface area contributed by atoms with Gasteiger partial charge in [-0.15, -0.1) is 0 Å². The molecular weight excluding hydrogens is 394 g/mol. The topological polar surface area (TPSA) is 49.7 Å². The number of hydrogen-bond donors (Lipinski definition) is 1. The minimum absolute atomic E-state index is 0.183. The number of aliphatic carboxylic acids is 1. The van der Waals surface area contributed by atoms with Gasteiger partial charge in [-0.3, -0.25) is 9.79 Å². The summed E-state index contributed by atoms with van der Waals surface area (Å²) in [6.07, 6.45) is 14.1. The molecule has 4 aliphatic carbocycles. The summed E-state index contributed by atoms with van der Waals surface area (Å²) in [5.74, 6) is 4.27. The van der Waals surface area contributed by atoms with Crippen LogP contribution in [-0.2, 0) is 4.79 Å². The second-order valence-corrected chi connectivity index (χ2v) is 13.1. The van der Waals surface area contributed by atoms with Crippen LogP contribution in [0.5, 0.6) is 0 Å². The molecule has 0 aromatic rings. The highest BCUT2D eigenvalue weighted by Crippen LogP contribution is 2.68. The Bertz CT molecular complexity index is 729. The number of carboxylic acid groups (broad SMARTS) is 1. The monoisotopic (exact) mass is 443 g/mol. The Morgan fingerprint density at radius 3 is 2.31 bits per heavy atom. The van der Waals surface area contributed by atoms with Gasteiger partial charge in [-0.25, -0.2) is 0 Å². The zero-order valence-electron chi connectivity index (χ0n) is 21.7. The van der Waals surface area contributed by atoms with E-state index in [0.29, 0.717) is 5.41 Å². The summed E-state index contributed by atoms with van der Waals surface area (Å²) in [6, 6.07) is 0. The van der Waals surface area contributed by atoms with Gasteiger partial charge in [-0.05, 0) is 104 Å². The van der Waals surface area contributed by atoms with Crippen molar-refractivity contribution in [1.29, 1.82) is 0 Å². The Morgan fingerprint density at radius 1 is 0.969 bits per heavy atom. The van der Waals surface area contributed by atoms with Crippen LogP contribution in [0.1, 0.15) is 105 Å². The molecule has 0 radical (unpaired) electrons. The lowest BCUT2D eigenvalue weighted by Crippen LogP contribution is -2.57. The first-order valence-electron chi connectivity index (χ1n) is 13.8. The molecule has 3 nitrogen and oxygen atoms in total. The van der Waals surface area contributed by atoms with E-state index in [1.54, 1.807) is 7.05 Å². The van der Waals surface area contributed by atoms with Gasteiger partial charge < -0.3 is 5.11 Å². The van der Waals surface area contributed by atoms with Gasteiger partial charge in [0, 0.05) is 12.8 Å². The van der Waals surface area contributed by atoms with Crippen LogP contribution in [0.25, 0.3) is 0 Å². The van der Waals surface area contributed by atoms with Crippen molar-refractivity contribution < 1.29 is 9.90 Å². The summed E-state index contributed by atoms with van der Waals surface area (Å²) in [4.78, 5) is 16.7. The highest BCUT2D eigenvalue weighted by Gasteiger charge is 2.62. The zero-order chi connectivity index (χ0) is 23.3. The highest BCUT2D eigenvalue weighted by atomic mass is 16.4. The number of carboxylic acids is 1. The van der Waals surface area contributed by atoms with Gasteiger partial charge in [0.25, 0.3) is 0 Å². The minimum atomic E-state index is -0.628. The van der Waals surface area contributed by atoms with Crippen LogP contribution < -0.4 is 0 Å². The van der Waals surface area contributed by atoms with Gasteiger partial charge in [0.15, 0.2) is 0 Å². The molecule has 0 bridgehead atoms. The maximum Gasteiger partial charge on any atom is 0.312 e. The average molecular weight is 444 g/mol. The van der Waals surface area contributed by atoms with Crippen LogP contribution in [0.15, 0.2) is 4.99 Å². The van der Waals surface area contributed by atoms with E-state index in [1.165, 1.54) is 51.4 Å². The van der Waals surface area contributed by atoms with Gasteiger partial charge in [-0.2, -0.15) is 0 Å². The minimum Gasteiger partial charge on any atom is -0.481 e. The van der Waals surface area contributed by atoms with Crippen LogP contribution in [0, 0.1) is 58.2 Å². The van der Waals surface area contributed by atoms with Crippen LogP contribution in [0.2, 0.25) is 0 Å². The highest BCUT2D eigenvalue weighted by molar-refractivity contribution is 6.02. The number of aliphatic imine (C=N–C) groups is 1. The largest absolute Gasteiger partial charge is 0.481 e. The molecule has 0 aromatic carbocycles. The summed E-state index contributed by atoms with van der Waals surface area (Å²) in [6.45, 7) is 12.4. The number of fused-ring (bicyclic) bond motifs is 5. The van der Waals surface area contributed by atoms with Crippen molar-refractivity contribution in [3.63, 3.8) is 0 Å². The Balaban J connectivity index is 1.52. The van der Waals surface area contributed by atoms with Crippen LogP contribution in [-0.4, -0.2) is 23.8 Å². The molecule has 4 rings (SSSR count). The van der Waals surface area contributed by atoms with E-state index in [2.05, 4.69) is 39.6 Å². The van der Waals surface area contributed by atoms with Crippen molar-refractivity contribution in [2.24, 2.45) is 63.2 Å². The van der Waals surface area contributed by atoms with E-state index in [9.17, 15) is 9.90 Å². The van der Waals surface area contributed by atoms with E-state index >= 15 is 0 Å². The van der Waals surface area contributed by atoms with Gasteiger partial charge in [0.05, 0.1) is 5.92 Å². The molecule has 0 spiro atoms. The lowest BCUT2D eigenvalue weighted by Gasteiger charge is -2.61. The molecule has 0 amide bonds. The molecule has 0 aromatic heterocycles. The molecule has 0 saturated heterocycles. The smallest absolute Gasteiger partial charge is 0.312 e. The van der Waals surface area contributed by atoms with E-state index in [-0.39, 0.29) is 17.3 Å². The summed E-state index contributed by atoms with van der Waals surface area (Å²) in [7, 11) is 1.80. The zero-order valence-corrected chi connectivity index (χ0v) is 21.7. The predicted molar refractivity (Wildman–Crippen MR) is 133 cm³/mol. The predicted octanol–water partition coefficient (Wildman–Crippen LogP) is 7.49.